The maximum absolute atomic E-state index is 12.6. The maximum atomic E-state index is 12.6. The Balaban J connectivity index is 4.01. The smallest absolute Gasteiger partial charge is 0.472 e. The van der Waals surface area contributed by atoms with Crippen LogP contribution >= 0.6 is 7.82 Å². The molecule has 0 bridgehead atoms. The predicted octanol–water partition coefficient (Wildman–Crippen LogP) is 14.5. The lowest BCUT2D eigenvalue weighted by Crippen LogP contribution is -2.27. The van der Waals surface area contributed by atoms with E-state index in [0.29, 0.717) is 6.42 Å². The highest BCUT2D eigenvalue weighted by Gasteiger charge is 2.25. The largest absolute Gasteiger partial charge is 0.498 e. The number of carbonyl (C=O) groups excluding carboxylic acids is 1. The molecule has 0 amide bonds. The van der Waals surface area contributed by atoms with Gasteiger partial charge in [-0.1, -0.05) is 173 Å². The molecule has 330 valence electrons. The second kappa shape index (κ2) is 44.7. The topological polar surface area (TPSA) is 117 Å². The normalized spacial score (nSPS) is 13.6. The second-order valence-corrected chi connectivity index (χ2v) is 17.1. The molecule has 0 heterocycles. The number of carbonyl (C=O) groups is 1. The number of allylic oxidation sites excluding steroid dienone is 5. The zero-order valence-corrected chi connectivity index (χ0v) is 37.5. The van der Waals surface area contributed by atoms with Gasteiger partial charge in [-0.15, -0.1) is 0 Å². The van der Waals surface area contributed by atoms with Crippen LogP contribution in [0.3, 0.4) is 0 Å². The standard InChI is InChI=1S/C47H90NO7P/c1-3-5-7-9-11-13-15-17-19-21-22-23-24-25-26-28-30-32-34-36-38-40-47(49)55-46(45-54-56(50,51)53-43-41-48)44-52-42-39-37-35-33-31-29-27-20-18-16-14-12-10-8-6-4-2/h14,16-17,19,39,42,46H,3-13,15,18,20-38,40-41,43-45,48H2,1-2H3,(H,50,51)/t46-/m1/s1. The Labute approximate surface area is 346 Å². The SMILES string of the molecule is CCCCCCC=CCCCCCCCCC=COC[C@H](COP(=O)(O)OCCN)OC(=O)CCCCCCCCCCCCCC=CCCCCCCCC. The van der Waals surface area contributed by atoms with E-state index < -0.39 is 13.9 Å². The maximum Gasteiger partial charge on any atom is 0.472 e. The second-order valence-electron chi connectivity index (χ2n) is 15.7. The van der Waals surface area contributed by atoms with Crippen molar-refractivity contribution in [1.29, 1.82) is 0 Å². The summed E-state index contributed by atoms with van der Waals surface area (Å²) in [5.74, 6) is -0.353. The molecule has 0 aliphatic rings. The van der Waals surface area contributed by atoms with Gasteiger partial charge in [0.15, 0.2) is 6.10 Å². The number of rotatable bonds is 45. The third kappa shape index (κ3) is 43.7. The highest BCUT2D eigenvalue weighted by Crippen LogP contribution is 2.43. The first kappa shape index (κ1) is 54.6. The van der Waals surface area contributed by atoms with Crippen LogP contribution in [-0.2, 0) is 27.9 Å². The fourth-order valence-corrected chi connectivity index (χ4v) is 7.36. The van der Waals surface area contributed by atoms with Crippen LogP contribution in [0.4, 0.5) is 0 Å². The minimum Gasteiger partial charge on any atom is -0.498 e. The van der Waals surface area contributed by atoms with Gasteiger partial charge < -0.3 is 20.1 Å². The summed E-state index contributed by atoms with van der Waals surface area (Å²) in [5.41, 5.74) is 5.37. The Morgan fingerprint density at radius 1 is 0.536 bits per heavy atom. The summed E-state index contributed by atoms with van der Waals surface area (Å²) in [6.07, 6.45) is 52.6. The number of unbranched alkanes of at least 4 members (excludes halogenated alkanes) is 28. The van der Waals surface area contributed by atoms with Gasteiger partial charge in [0.1, 0.15) is 6.61 Å². The lowest BCUT2D eigenvalue weighted by Gasteiger charge is -2.19. The summed E-state index contributed by atoms with van der Waals surface area (Å²) < 4.78 is 33.2. The van der Waals surface area contributed by atoms with Crippen LogP contribution in [0, 0.1) is 0 Å². The van der Waals surface area contributed by atoms with E-state index in [9.17, 15) is 14.3 Å². The van der Waals surface area contributed by atoms with E-state index in [2.05, 4.69) is 38.2 Å². The Bertz CT molecular complexity index is 957. The molecule has 0 saturated carbocycles. The molecule has 0 radical (unpaired) electrons. The molecule has 0 spiro atoms. The van der Waals surface area contributed by atoms with Gasteiger partial charge in [-0.3, -0.25) is 13.8 Å². The van der Waals surface area contributed by atoms with Crippen LogP contribution in [0.15, 0.2) is 36.6 Å². The third-order valence-electron chi connectivity index (χ3n) is 10.1. The molecule has 1 unspecified atom stereocenters. The molecular formula is C47H90NO7P. The molecule has 3 N–H and O–H groups in total. The van der Waals surface area contributed by atoms with Crippen LogP contribution < -0.4 is 5.73 Å². The number of phosphoric ester groups is 1. The van der Waals surface area contributed by atoms with Gasteiger partial charge >= 0.3 is 13.8 Å². The third-order valence-corrected chi connectivity index (χ3v) is 11.1. The number of hydrogen-bond acceptors (Lipinski definition) is 7. The molecule has 9 heteroatoms. The van der Waals surface area contributed by atoms with Gasteiger partial charge in [0.25, 0.3) is 0 Å². The average molecular weight is 812 g/mol. The van der Waals surface area contributed by atoms with Crippen molar-refractivity contribution in [2.45, 2.75) is 232 Å². The number of nitrogens with two attached hydrogens (primary N) is 1. The summed E-state index contributed by atoms with van der Waals surface area (Å²) in [5, 5.41) is 0. The van der Waals surface area contributed by atoms with Crippen molar-refractivity contribution in [2.24, 2.45) is 5.73 Å². The van der Waals surface area contributed by atoms with Crippen molar-refractivity contribution in [3.05, 3.63) is 36.6 Å². The first-order chi connectivity index (χ1) is 27.4. The number of ether oxygens (including phenoxy) is 2. The number of hydrogen-bond donors (Lipinski definition) is 2. The van der Waals surface area contributed by atoms with Gasteiger partial charge in [-0.05, 0) is 76.7 Å². The van der Waals surface area contributed by atoms with Crippen LogP contribution in [-0.4, -0.2) is 43.3 Å². The summed E-state index contributed by atoms with van der Waals surface area (Å²) in [6.45, 7) is 4.24. The minimum atomic E-state index is -4.29. The van der Waals surface area contributed by atoms with Crippen molar-refractivity contribution in [3.63, 3.8) is 0 Å². The van der Waals surface area contributed by atoms with E-state index in [0.717, 1.165) is 32.1 Å². The molecule has 2 atom stereocenters. The average Bonchev–Trinajstić information content (AvgIpc) is 3.19. The quantitative estimate of drug-likeness (QED) is 0.0205. The van der Waals surface area contributed by atoms with Crippen LogP contribution in [0.25, 0.3) is 0 Å². The molecule has 0 saturated heterocycles. The van der Waals surface area contributed by atoms with E-state index in [1.54, 1.807) is 6.26 Å². The van der Waals surface area contributed by atoms with E-state index in [-0.39, 0.29) is 32.3 Å². The molecular weight excluding hydrogens is 721 g/mol. The van der Waals surface area contributed by atoms with E-state index in [4.69, 9.17) is 24.3 Å². The summed E-state index contributed by atoms with van der Waals surface area (Å²) in [6, 6.07) is 0. The minimum absolute atomic E-state index is 0.0304. The van der Waals surface area contributed by atoms with Gasteiger partial charge in [0, 0.05) is 13.0 Å². The zero-order valence-electron chi connectivity index (χ0n) is 36.6. The molecule has 0 aliphatic heterocycles. The lowest BCUT2D eigenvalue weighted by atomic mass is 10.0. The molecule has 0 aliphatic carbocycles. The van der Waals surface area contributed by atoms with Crippen molar-refractivity contribution in [2.75, 3.05) is 26.4 Å². The Morgan fingerprint density at radius 2 is 0.911 bits per heavy atom. The van der Waals surface area contributed by atoms with Crippen molar-refractivity contribution >= 4 is 13.8 Å². The van der Waals surface area contributed by atoms with E-state index in [1.165, 1.54) is 173 Å². The molecule has 8 nitrogen and oxygen atoms in total. The van der Waals surface area contributed by atoms with Crippen LogP contribution in [0.1, 0.15) is 226 Å². The Morgan fingerprint density at radius 3 is 1.34 bits per heavy atom. The van der Waals surface area contributed by atoms with E-state index in [1.807, 2.05) is 6.08 Å². The molecule has 0 aromatic carbocycles. The first-order valence-electron chi connectivity index (χ1n) is 23.5. The van der Waals surface area contributed by atoms with E-state index >= 15 is 0 Å². The van der Waals surface area contributed by atoms with Gasteiger partial charge in [0.2, 0.25) is 0 Å². The van der Waals surface area contributed by atoms with Gasteiger partial charge in [-0.2, -0.15) is 0 Å². The highest BCUT2D eigenvalue weighted by atomic mass is 31.2. The summed E-state index contributed by atoms with van der Waals surface area (Å²) >= 11 is 0. The first-order valence-corrected chi connectivity index (χ1v) is 25.0. The molecule has 0 aromatic rings. The van der Waals surface area contributed by atoms with Crippen molar-refractivity contribution in [3.8, 4) is 0 Å². The van der Waals surface area contributed by atoms with Crippen LogP contribution in [0.5, 0.6) is 0 Å². The highest BCUT2D eigenvalue weighted by molar-refractivity contribution is 7.47. The molecule has 56 heavy (non-hydrogen) atoms. The lowest BCUT2D eigenvalue weighted by molar-refractivity contribution is -0.153. The van der Waals surface area contributed by atoms with Gasteiger partial charge in [0.05, 0.1) is 19.5 Å². The van der Waals surface area contributed by atoms with Gasteiger partial charge in [-0.25, -0.2) is 4.57 Å². The number of phosphoric acid groups is 1. The number of esters is 1. The van der Waals surface area contributed by atoms with Crippen LogP contribution in [0.2, 0.25) is 0 Å². The summed E-state index contributed by atoms with van der Waals surface area (Å²) in [4.78, 5) is 22.5. The zero-order chi connectivity index (χ0) is 40.9. The monoisotopic (exact) mass is 812 g/mol. The molecule has 0 rings (SSSR count). The predicted molar refractivity (Wildman–Crippen MR) is 238 cm³/mol. The van der Waals surface area contributed by atoms with Crippen molar-refractivity contribution in [1.82, 2.24) is 0 Å². The molecule has 0 fully saturated rings. The Hall–Kier alpha value is -1.44. The van der Waals surface area contributed by atoms with Crippen molar-refractivity contribution < 1.29 is 32.8 Å². The Kier molecular flexibility index (Phi) is 43.5. The summed E-state index contributed by atoms with van der Waals surface area (Å²) in [7, 11) is -4.29. The fraction of sp³-hybridized carbons (Fsp3) is 0.851. The fourth-order valence-electron chi connectivity index (χ4n) is 6.60. The molecule has 0 aromatic heterocycles.